The van der Waals surface area contributed by atoms with E-state index in [9.17, 15) is 4.79 Å². The Morgan fingerprint density at radius 3 is 2.57 bits per heavy atom. The van der Waals surface area contributed by atoms with Crippen molar-refractivity contribution in [2.24, 2.45) is 0 Å². The Kier molecular flexibility index (Phi) is 3.95. The van der Waals surface area contributed by atoms with E-state index in [1.807, 2.05) is 12.1 Å². The van der Waals surface area contributed by atoms with E-state index in [4.69, 9.17) is 9.84 Å². The molecule has 1 aromatic rings. The third-order valence-electron chi connectivity index (χ3n) is 1.61. The van der Waals surface area contributed by atoms with Gasteiger partial charge in [0.1, 0.15) is 11.9 Å². The minimum Gasteiger partial charge on any atom is -0.490 e. The molecular weight excluding hydrogens is 248 g/mol. The van der Waals surface area contributed by atoms with Gasteiger partial charge in [0.15, 0.2) is 0 Å². The van der Waals surface area contributed by atoms with Gasteiger partial charge in [0.25, 0.3) is 0 Å². The molecule has 0 bridgehead atoms. The highest BCUT2D eigenvalue weighted by Gasteiger charge is 2.08. The summed E-state index contributed by atoms with van der Waals surface area (Å²) in [6, 6.07) is 7.29. The first kappa shape index (κ1) is 11.0. The third-order valence-corrected chi connectivity index (χ3v) is 2.14. The van der Waals surface area contributed by atoms with Crippen LogP contribution in [0.4, 0.5) is 0 Å². The van der Waals surface area contributed by atoms with Gasteiger partial charge >= 0.3 is 5.97 Å². The molecule has 1 atom stereocenters. The molecular formula is C10H11BrO3. The van der Waals surface area contributed by atoms with Gasteiger partial charge in [-0.05, 0) is 31.2 Å². The van der Waals surface area contributed by atoms with Crippen LogP contribution in [0.1, 0.15) is 13.3 Å². The van der Waals surface area contributed by atoms with Gasteiger partial charge in [0.05, 0.1) is 6.42 Å². The number of carboxylic acid groups (broad SMARTS) is 1. The van der Waals surface area contributed by atoms with E-state index < -0.39 is 5.97 Å². The molecule has 4 heteroatoms. The zero-order chi connectivity index (χ0) is 10.6. The molecule has 3 nitrogen and oxygen atoms in total. The molecule has 0 unspecified atom stereocenters. The zero-order valence-corrected chi connectivity index (χ0v) is 9.32. The van der Waals surface area contributed by atoms with Crippen molar-refractivity contribution in [3.63, 3.8) is 0 Å². The van der Waals surface area contributed by atoms with Gasteiger partial charge < -0.3 is 9.84 Å². The van der Waals surface area contributed by atoms with Gasteiger partial charge in [0.2, 0.25) is 0 Å². The fourth-order valence-corrected chi connectivity index (χ4v) is 1.30. The number of aliphatic carboxylic acids is 1. The van der Waals surface area contributed by atoms with Crippen molar-refractivity contribution >= 4 is 21.9 Å². The van der Waals surface area contributed by atoms with Gasteiger partial charge in [-0.3, -0.25) is 4.79 Å². The molecule has 0 amide bonds. The molecule has 1 aromatic carbocycles. The Morgan fingerprint density at radius 1 is 1.50 bits per heavy atom. The monoisotopic (exact) mass is 258 g/mol. The Labute approximate surface area is 90.8 Å². The smallest absolute Gasteiger partial charge is 0.307 e. The van der Waals surface area contributed by atoms with Gasteiger partial charge in [-0.2, -0.15) is 0 Å². The second kappa shape index (κ2) is 5.00. The molecule has 1 rings (SSSR count). The summed E-state index contributed by atoms with van der Waals surface area (Å²) >= 11 is 3.30. The topological polar surface area (TPSA) is 46.5 Å². The number of carbonyl (C=O) groups is 1. The van der Waals surface area contributed by atoms with Crippen LogP contribution in [0.5, 0.6) is 5.75 Å². The Balaban J connectivity index is 2.51. The predicted molar refractivity (Wildman–Crippen MR) is 56.5 cm³/mol. The van der Waals surface area contributed by atoms with E-state index in [0.29, 0.717) is 5.75 Å². The zero-order valence-electron chi connectivity index (χ0n) is 7.74. The maximum absolute atomic E-state index is 10.4. The van der Waals surface area contributed by atoms with Crippen LogP contribution in [-0.2, 0) is 4.79 Å². The molecule has 0 saturated carbocycles. The summed E-state index contributed by atoms with van der Waals surface area (Å²) in [5.41, 5.74) is 0. The number of hydrogen-bond acceptors (Lipinski definition) is 2. The van der Waals surface area contributed by atoms with Crippen molar-refractivity contribution in [1.82, 2.24) is 0 Å². The first-order chi connectivity index (χ1) is 6.58. The Hall–Kier alpha value is -1.03. The number of ether oxygens (including phenoxy) is 1. The second-order valence-corrected chi connectivity index (χ2v) is 3.90. The van der Waals surface area contributed by atoms with Gasteiger partial charge in [-0.15, -0.1) is 0 Å². The number of halogens is 1. The van der Waals surface area contributed by atoms with Gasteiger partial charge in [-0.1, -0.05) is 15.9 Å². The summed E-state index contributed by atoms with van der Waals surface area (Å²) in [6.07, 6.45) is -0.301. The minimum atomic E-state index is -0.852. The van der Waals surface area contributed by atoms with Crippen LogP contribution in [0.25, 0.3) is 0 Å². The fraction of sp³-hybridized carbons (Fsp3) is 0.300. The molecule has 0 aliphatic carbocycles. The van der Waals surface area contributed by atoms with E-state index in [1.54, 1.807) is 19.1 Å². The normalized spacial score (nSPS) is 12.1. The maximum Gasteiger partial charge on any atom is 0.307 e. The van der Waals surface area contributed by atoms with E-state index >= 15 is 0 Å². The molecule has 76 valence electrons. The summed E-state index contributed by atoms with van der Waals surface area (Å²) in [6.45, 7) is 1.73. The second-order valence-electron chi connectivity index (χ2n) is 2.98. The van der Waals surface area contributed by atoms with Crippen molar-refractivity contribution in [3.8, 4) is 5.75 Å². The largest absolute Gasteiger partial charge is 0.490 e. The molecule has 0 aliphatic rings. The van der Waals surface area contributed by atoms with Crippen molar-refractivity contribution in [2.45, 2.75) is 19.4 Å². The molecule has 0 aliphatic heterocycles. The SMILES string of the molecule is C[C@@H](CC(=O)O)Oc1ccc(Br)cc1. The molecule has 14 heavy (non-hydrogen) atoms. The average Bonchev–Trinajstić information content (AvgIpc) is 2.07. The highest BCUT2D eigenvalue weighted by molar-refractivity contribution is 9.10. The Morgan fingerprint density at radius 2 is 2.07 bits per heavy atom. The van der Waals surface area contributed by atoms with E-state index in [1.165, 1.54) is 0 Å². The quantitative estimate of drug-likeness (QED) is 0.904. The molecule has 0 aromatic heterocycles. The lowest BCUT2D eigenvalue weighted by Gasteiger charge is -2.12. The number of rotatable bonds is 4. The molecule has 0 saturated heterocycles. The molecule has 1 N–H and O–H groups in total. The molecule has 0 fully saturated rings. The number of hydrogen-bond donors (Lipinski definition) is 1. The third kappa shape index (κ3) is 3.79. The number of carboxylic acids is 1. The van der Waals surface area contributed by atoms with Crippen molar-refractivity contribution in [2.75, 3.05) is 0 Å². The lowest BCUT2D eigenvalue weighted by molar-refractivity contribution is -0.138. The Bertz CT molecular complexity index is 308. The molecule has 0 spiro atoms. The van der Waals surface area contributed by atoms with Crippen LogP contribution in [0.15, 0.2) is 28.7 Å². The lowest BCUT2D eigenvalue weighted by atomic mass is 10.3. The first-order valence-electron chi connectivity index (χ1n) is 4.22. The van der Waals surface area contributed by atoms with Crippen LogP contribution < -0.4 is 4.74 Å². The van der Waals surface area contributed by atoms with Crippen molar-refractivity contribution < 1.29 is 14.6 Å². The molecule has 0 heterocycles. The van der Waals surface area contributed by atoms with Crippen LogP contribution in [0, 0.1) is 0 Å². The van der Waals surface area contributed by atoms with Crippen LogP contribution in [-0.4, -0.2) is 17.2 Å². The molecule has 0 radical (unpaired) electrons. The predicted octanol–water partition coefficient (Wildman–Crippen LogP) is 2.69. The standard InChI is InChI=1S/C10H11BrO3/c1-7(6-10(12)13)14-9-4-2-8(11)3-5-9/h2-5,7H,6H2,1H3,(H,12,13)/t7-/m0/s1. The van der Waals surface area contributed by atoms with Crippen LogP contribution in [0.2, 0.25) is 0 Å². The van der Waals surface area contributed by atoms with Crippen molar-refractivity contribution in [3.05, 3.63) is 28.7 Å². The van der Waals surface area contributed by atoms with Crippen LogP contribution in [0.3, 0.4) is 0 Å². The first-order valence-corrected chi connectivity index (χ1v) is 5.01. The average molecular weight is 259 g/mol. The summed E-state index contributed by atoms with van der Waals surface area (Å²) < 4.78 is 6.35. The lowest BCUT2D eigenvalue weighted by Crippen LogP contribution is -2.16. The maximum atomic E-state index is 10.4. The van der Waals surface area contributed by atoms with Crippen molar-refractivity contribution in [1.29, 1.82) is 0 Å². The summed E-state index contributed by atoms with van der Waals surface area (Å²) in [4.78, 5) is 10.4. The van der Waals surface area contributed by atoms with Crippen LogP contribution >= 0.6 is 15.9 Å². The minimum absolute atomic E-state index is 0.00998. The highest BCUT2D eigenvalue weighted by Crippen LogP contribution is 2.17. The fourth-order valence-electron chi connectivity index (χ4n) is 1.03. The summed E-state index contributed by atoms with van der Waals surface area (Å²) in [5.74, 6) is -0.170. The van der Waals surface area contributed by atoms with E-state index in [2.05, 4.69) is 15.9 Å². The van der Waals surface area contributed by atoms with Gasteiger partial charge in [0, 0.05) is 4.47 Å². The summed E-state index contributed by atoms with van der Waals surface area (Å²) in [7, 11) is 0. The van der Waals surface area contributed by atoms with E-state index in [0.717, 1.165) is 4.47 Å². The van der Waals surface area contributed by atoms with E-state index in [-0.39, 0.29) is 12.5 Å². The summed E-state index contributed by atoms with van der Waals surface area (Å²) in [5, 5.41) is 8.52. The van der Waals surface area contributed by atoms with Gasteiger partial charge in [-0.25, -0.2) is 0 Å². The highest BCUT2D eigenvalue weighted by atomic mass is 79.9. The number of benzene rings is 1.